The molecule has 6 heterocycles. The molecule has 0 radical (unpaired) electrons. The van der Waals surface area contributed by atoms with Crippen LogP contribution in [0.3, 0.4) is 0 Å². The highest BCUT2D eigenvalue weighted by Gasteiger charge is 2.23. The second kappa shape index (κ2) is 44.7. The van der Waals surface area contributed by atoms with Crippen molar-refractivity contribution in [3.8, 4) is 192 Å². The predicted octanol–water partition coefficient (Wildman–Crippen LogP) is 25.4. The zero-order chi connectivity index (χ0) is 69.4. The van der Waals surface area contributed by atoms with E-state index in [0.29, 0.717) is 24.7 Å². The monoisotopic (exact) mass is 1400 g/mol. The van der Waals surface area contributed by atoms with Gasteiger partial charge in [0.15, 0.2) is 0 Å². The lowest BCUT2D eigenvalue weighted by molar-refractivity contribution is 0.305. The van der Waals surface area contributed by atoms with E-state index < -0.39 is 0 Å². The van der Waals surface area contributed by atoms with Crippen LogP contribution in [-0.2, 0) is 12.8 Å². The van der Waals surface area contributed by atoms with Gasteiger partial charge in [-0.15, -0.1) is 80.9 Å². The van der Waals surface area contributed by atoms with Crippen molar-refractivity contribution in [3.63, 3.8) is 0 Å². The maximum Gasteiger partial charge on any atom is 0.149 e. The molecular formula is C88H92O4S6. The van der Waals surface area contributed by atoms with Crippen molar-refractivity contribution in [2.24, 2.45) is 0 Å². The molecule has 0 unspecified atom stereocenters. The van der Waals surface area contributed by atoms with E-state index in [-0.39, 0.29) is 0 Å². The fourth-order valence-corrected chi connectivity index (χ4v) is 17.3. The summed E-state index contributed by atoms with van der Waals surface area (Å²) in [6.07, 6.45) is 45.8. The topological polar surface area (TPSA) is 36.9 Å². The average Bonchev–Trinajstić information content (AvgIpc) is 1.43. The van der Waals surface area contributed by atoms with Gasteiger partial charge in [-0.3, -0.25) is 0 Å². The van der Waals surface area contributed by atoms with Gasteiger partial charge < -0.3 is 18.9 Å². The van der Waals surface area contributed by atoms with E-state index in [4.69, 9.17) is 31.8 Å². The largest absolute Gasteiger partial charge is 0.493 e. The first kappa shape index (κ1) is 77.2. The molecule has 0 fully saturated rings. The van der Waals surface area contributed by atoms with E-state index in [9.17, 15) is 0 Å². The Labute approximate surface area is 612 Å². The molecule has 0 saturated carbocycles. The third-order valence-corrected chi connectivity index (χ3v) is 22.9. The lowest BCUT2D eigenvalue weighted by Crippen LogP contribution is -2.00. The Kier molecular flexibility index (Phi) is 35.3. The van der Waals surface area contributed by atoms with Crippen LogP contribution in [0.5, 0.6) is 23.0 Å². The van der Waals surface area contributed by atoms with Gasteiger partial charge in [0.05, 0.1) is 13.2 Å². The number of aryl methyl sites for hydroxylation is 6. The number of hydrogen-bond acceptors (Lipinski definition) is 10. The number of unbranched alkanes of at least 4 members (excludes halogenated alkanes) is 18. The van der Waals surface area contributed by atoms with Crippen LogP contribution in [0, 0.1) is 136 Å². The van der Waals surface area contributed by atoms with Crippen LogP contribution in [0.15, 0.2) is 84.9 Å². The van der Waals surface area contributed by atoms with Crippen LogP contribution in [0.25, 0.3) is 61.3 Å². The zero-order valence-electron chi connectivity index (χ0n) is 58.7. The van der Waals surface area contributed by atoms with Gasteiger partial charge in [0, 0.05) is 122 Å². The summed E-state index contributed by atoms with van der Waals surface area (Å²) in [6.45, 7) is 19.1. The Bertz CT molecular complexity index is 4390. The molecule has 6 aromatic heterocycles. The molecule has 0 amide bonds. The molecule has 0 N–H and O–H groups in total. The molecule has 10 heteroatoms. The highest BCUT2D eigenvalue weighted by molar-refractivity contribution is 7.24. The number of benzene rings is 2. The van der Waals surface area contributed by atoms with Crippen LogP contribution in [0.1, 0.15) is 200 Å². The van der Waals surface area contributed by atoms with Crippen LogP contribution in [0.4, 0.5) is 0 Å². The summed E-state index contributed by atoms with van der Waals surface area (Å²) in [5.41, 5.74) is 6.87. The normalized spacial score (nSPS) is 10.1. The van der Waals surface area contributed by atoms with Crippen LogP contribution in [-0.4, -0.2) is 13.2 Å². The first-order chi connectivity index (χ1) is 48.1. The van der Waals surface area contributed by atoms with Gasteiger partial charge in [0.1, 0.15) is 35.2 Å². The van der Waals surface area contributed by atoms with Gasteiger partial charge in [-0.05, 0) is 204 Å². The molecule has 0 spiro atoms. The second-order valence-electron chi connectivity index (χ2n) is 24.0. The van der Waals surface area contributed by atoms with Gasteiger partial charge in [-0.2, -0.15) is 0 Å². The van der Waals surface area contributed by atoms with Crippen molar-refractivity contribution in [2.75, 3.05) is 13.2 Å². The SMILES string of the molecule is C#CC#CC#CC#CC#CC#COc1cc(-c2ccc(C)s2)c(OCCCCCCCCCCCC)cc1-c1ccc(C)s1.C#CC#CC#COc1cc(-c2ccc(-c3sc(C)cc3CCCCCC)s2)c(OCCCCCC)cc1-c1ccc(-c2sc(C)cc2CCCCCC)s1. The quantitative estimate of drug-likeness (QED) is 0.0290. The van der Waals surface area contributed by atoms with Crippen molar-refractivity contribution >= 4 is 68.0 Å². The van der Waals surface area contributed by atoms with Gasteiger partial charge in [0.2, 0.25) is 0 Å². The molecule has 0 saturated heterocycles. The van der Waals surface area contributed by atoms with Gasteiger partial charge in [-0.25, -0.2) is 0 Å². The molecule has 504 valence electrons. The second-order valence-corrected chi connectivity index (χ2v) is 31.3. The minimum atomic E-state index is 0.664. The Morgan fingerprint density at radius 3 is 0.990 bits per heavy atom. The molecule has 98 heavy (non-hydrogen) atoms. The first-order valence-electron chi connectivity index (χ1n) is 35.0. The highest BCUT2D eigenvalue weighted by Crippen LogP contribution is 2.50. The van der Waals surface area contributed by atoms with E-state index in [1.807, 2.05) is 51.4 Å². The van der Waals surface area contributed by atoms with E-state index in [2.05, 4.69) is 229 Å². The molecule has 4 nitrogen and oxygen atoms in total. The van der Waals surface area contributed by atoms with E-state index in [1.165, 1.54) is 172 Å². The summed E-state index contributed by atoms with van der Waals surface area (Å²) in [4.78, 5) is 15.1. The molecular weight excluding hydrogens is 1310 g/mol. The van der Waals surface area contributed by atoms with Crippen LogP contribution >= 0.6 is 68.0 Å². The fourth-order valence-electron chi connectivity index (χ4n) is 11.1. The van der Waals surface area contributed by atoms with Crippen molar-refractivity contribution in [3.05, 3.63) is 116 Å². The summed E-state index contributed by atoms with van der Waals surface area (Å²) in [7, 11) is 0. The molecule has 0 atom stereocenters. The minimum absolute atomic E-state index is 0.664. The lowest BCUT2D eigenvalue weighted by Gasteiger charge is -2.15. The predicted molar refractivity (Wildman–Crippen MR) is 428 cm³/mol. The number of rotatable bonds is 36. The number of hydrogen-bond donors (Lipinski definition) is 0. The molecule has 0 bridgehead atoms. The summed E-state index contributed by atoms with van der Waals surface area (Å²) < 4.78 is 25.4. The van der Waals surface area contributed by atoms with E-state index >= 15 is 0 Å². The Morgan fingerprint density at radius 1 is 0.296 bits per heavy atom. The third kappa shape index (κ3) is 26.0. The Morgan fingerprint density at radius 2 is 0.602 bits per heavy atom. The summed E-state index contributed by atoms with van der Waals surface area (Å²) in [5, 5.41) is 0. The smallest absolute Gasteiger partial charge is 0.149 e. The summed E-state index contributed by atoms with van der Waals surface area (Å²) in [6, 6.07) is 30.7. The number of thiophene rings is 6. The Hall–Kier alpha value is -8.12. The van der Waals surface area contributed by atoms with Crippen molar-refractivity contribution in [1.29, 1.82) is 0 Å². The third-order valence-electron chi connectivity index (χ3n) is 16.0. The van der Waals surface area contributed by atoms with Gasteiger partial charge in [0.25, 0.3) is 0 Å². The van der Waals surface area contributed by atoms with Gasteiger partial charge in [-0.1, -0.05) is 143 Å². The fraction of sp³-hybridized carbons (Fsp3) is 0.386. The maximum absolute atomic E-state index is 6.69. The van der Waals surface area contributed by atoms with Crippen LogP contribution < -0.4 is 18.9 Å². The lowest BCUT2D eigenvalue weighted by atomic mass is 10.0. The molecule has 0 aliphatic carbocycles. The van der Waals surface area contributed by atoms with Crippen molar-refractivity contribution < 1.29 is 18.9 Å². The first-order valence-corrected chi connectivity index (χ1v) is 39.9. The maximum atomic E-state index is 6.69. The molecule has 0 aliphatic rings. The van der Waals surface area contributed by atoms with E-state index in [0.717, 1.165) is 85.4 Å². The summed E-state index contributed by atoms with van der Waals surface area (Å²) >= 11 is 10.9. The number of ether oxygens (including phenoxy) is 4. The standard InChI is InChI=1S/C48H54O2S4.C40H38O2S2/c1-7-11-15-19-23-37-31-35(5)51-47(37)45-27-25-43(53-45)39-33-42(50-30-22-18-14-10-4)40(34-41(39)49-29-21-17-13-9-3)44-26-28-46(54-44)48-38(32-36(6)52-48)24-20-16-12-8-2;1-5-7-9-11-13-15-17-19-21-23-29-41-37-31-36(40-28-26-34(4)44-40)38(32-35(37)39-27-25-33(3)43-39)42-30-24-22-20-18-16-14-12-10-8-6-2/h3,25-28,31-34H,7-8,10-12,14-16,18-20,22-24,30H2,1-2,4-6H3;1,25-28,31-32H,6,8,10,12,14,16,18,20,22,24,30H2,2-4H3. The van der Waals surface area contributed by atoms with Crippen molar-refractivity contribution in [2.45, 2.75) is 209 Å². The molecule has 8 rings (SSSR count). The summed E-state index contributed by atoms with van der Waals surface area (Å²) in [5.74, 6) is 38.8. The highest BCUT2D eigenvalue weighted by atomic mass is 32.1. The zero-order valence-corrected chi connectivity index (χ0v) is 63.6. The minimum Gasteiger partial charge on any atom is -0.493 e. The van der Waals surface area contributed by atoms with Crippen LogP contribution in [0.2, 0.25) is 0 Å². The molecule has 0 aliphatic heterocycles. The Balaban J connectivity index is 0.000000282. The van der Waals surface area contributed by atoms with E-state index in [1.54, 1.807) is 22.7 Å². The molecule has 2 aromatic carbocycles. The van der Waals surface area contributed by atoms with Gasteiger partial charge >= 0.3 is 0 Å². The molecule has 8 aromatic rings. The number of terminal acetylenes is 2. The van der Waals surface area contributed by atoms with Crippen molar-refractivity contribution in [1.82, 2.24) is 0 Å². The average molecular weight is 1410 g/mol.